The zero-order valence-corrected chi connectivity index (χ0v) is 15.1. The number of para-hydroxylation sites is 1. The third kappa shape index (κ3) is 3.85. The van der Waals surface area contributed by atoms with Gasteiger partial charge in [0.1, 0.15) is 5.76 Å². The van der Waals surface area contributed by atoms with Crippen LogP contribution in [-0.2, 0) is 17.8 Å². The molecule has 1 aromatic carbocycles. The molecule has 3 aromatic rings. The molecule has 4 heteroatoms. The molecule has 0 aliphatic heterocycles. The first-order valence-corrected chi connectivity index (χ1v) is 9.65. The molecule has 1 N–H and O–H groups in total. The Morgan fingerprint density at radius 2 is 1.96 bits per heavy atom. The topological polar surface area (TPSA) is 49.2 Å². The van der Waals surface area contributed by atoms with Crippen LogP contribution in [0.3, 0.4) is 0 Å². The minimum absolute atomic E-state index is 0.178. The Morgan fingerprint density at radius 3 is 2.77 bits per heavy atom. The fourth-order valence-corrected chi connectivity index (χ4v) is 4.08. The van der Waals surface area contributed by atoms with Crippen molar-refractivity contribution in [2.75, 3.05) is 6.54 Å². The lowest BCUT2D eigenvalue weighted by Gasteiger charge is -2.29. The highest BCUT2D eigenvalue weighted by atomic mass is 16.3. The van der Waals surface area contributed by atoms with Gasteiger partial charge in [-0.15, -0.1) is 0 Å². The number of aromatic amines is 1. The summed E-state index contributed by atoms with van der Waals surface area (Å²) in [5.74, 6) is 1.65. The molecule has 26 heavy (non-hydrogen) atoms. The predicted molar refractivity (Wildman–Crippen MR) is 103 cm³/mol. The molecule has 1 fully saturated rings. The van der Waals surface area contributed by atoms with Crippen molar-refractivity contribution in [2.45, 2.75) is 45.1 Å². The second-order valence-electron chi connectivity index (χ2n) is 7.39. The van der Waals surface area contributed by atoms with Crippen molar-refractivity contribution in [1.29, 1.82) is 0 Å². The first-order chi connectivity index (χ1) is 12.8. The molecular formula is C22H26N2O2. The Morgan fingerprint density at radius 1 is 1.12 bits per heavy atom. The molecule has 1 saturated carbocycles. The maximum Gasteiger partial charge on any atom is 0.227 e. The number of nitrogens with zero attached hydrogens (tertiary/aromatic N) is 1. The maximum atomic E-state index is 13.1. The molecule has 0 saturated heterocycles. The number of hydrogen-bond acceptors (Lipinski definition) is 2. The van der Waals surface area contributed by atoms with Crippen LogP contribution >= 0.6 is 0 Å². The van der Waals surface area contributed by atoms with Gasteiger partial charge in [0.05, 0.1) is 19.2 Å². The quantitative estimate of drug-likeness (QED) is 0.686. The number of benzene rings is 1. The summed E-state index contributed by atoms with van der Waals surface area (Å²) in [6.45, 7) is 1.40. The predicted octanol–water partition coefficient (Wildman–Crippen LogP) is 4.91. The van der Waals surface area contributed by atoms with Crippen molar-refractivity contribution >= 4 is 16.8 Å². The molecule has 1 aliphatic carbocycles. The van der Waals surface area contributed by atoms with E-state index in [-0.39, 0.29) is 5.91 Å². The number of amides is 1. The zero-order valence-electron chi connectivity index (χ0n) is 15.1. The molecular weight excluding hydrogens is 324 g/mol. The molecule has 0 bridgehead atoms. The highest BCUT2D eigenvalue weighted by Crippen LogP contribution is 2.26. The van der Waals surface area contributed by atoms with E-state index >= 15 is 0 Å². The van der Waals surface area contributed by atoms with Crippen LogP contribution in [-0.4, -0.2) is 22.3 Å². The number of carbonyl (C=O) groups excluding carboxylic acids is 1. The third-order valence-corrected chi connectivity index (χ3v) is 5.50. The van der Waals surface area contributed by atoms with Crippen LogP contribution in [0.2, 0.25) is 0 Å². The molecule has 0 atom stereocenters. The molecule has 0 spiro atoms. The van der Waals surface area contributed by atoms with Gasteiger partial charge in [-0.3, -0.25) is 4.79 Å². The first-order valence-electron chi connectivity index (χ1n) is 9.65. The van der Waals surface area contributed by atoms with Gasteiger partial charge in [0.15, 0.2) is 0 Å². The van der Waals surface area contributed by atoms with Gasteiger partial charge in [0.25, 0.3) is 0 Å². The Bertz CT molecular complexity index is 844. The third-order valence-electron chi connectivity index (χ3n) is 5.50. The maximum absolute atomic E-state index is 13.1. The summed E-state index contributed by atoms with van der Waals surface area (Å²) in [6, 6.07) is 12.0. The standard InChI is InChI=1S/C22H26N2O2/c25-22(13-18-14-23-21-11-5-4-10-20(18)21)24(16-19-9-6-12-26-19)15-17-7-2-1-3-8-17/h4-6,9-12,14,17,23H,1-3,7-8,13,15-16H2. The summed E-state index contributed by atoms with van der Waals surface area (Å²) in [5.41, 5.74) is 2.15. The second kappa shape index (κ2) is 7.81. The number of nitrogens with one attached hydrogen (secondary N) is 1. The van der Waals surface area contributed by atoms with E-state index < -0.39 is 0 Å². The minimum atomic E-state index is 0.178. The number of aromatic nitrogens is 1. The highest BCUT2D eigenvalue weighted by Gasteiger charge is 2.22. The number of hydrogen-bond donors (Lipinski definition) is 1. The molecule has 136 valence electrons. The van der Waals surface area contributed by atoms with E-state index in [1.807, 2.05) is 41.4 Å². The molecule has 0 radical (unpaired) electrons. The molecule has 2 aromatic heterocycles. The number of fused-ring (bicyclic) bond motifs is 1. The van der Waals surface area contributed by atoms with E-state index in [1.165, 1.54) is 32.1 Å². The van der Waals surface area contributed by atoms with Gasteiger partial charge in [0.2, 0.25) is 5.91 Å². The van der Waals surface area contributed by atoms with Gasteiger partial charge in [0, 0.05) is 23.6 Å². The monoisotopic (exact) mass is 350 g/mol. The van der Waals surface area contributed by atoms with Gasteiger partial charge in [-0.2, -0.15) is 0 Å². The summed E-state index contributed by atoms with van der Waals surface area (Å²) in [7, 11) is 0. The average molecular weight is 350 g/mol. The second-order valence-corrected chi connectivity index (χ2v) is 7.39. The lowest BCUT2D eigenvalue weighted by atomic mass is 9.89. The van der Waals surface area contributed by atoms with Crippen molar-refractivity contribution in [3.63, 3.8) is 0 Å². The lowest BCUT2D eigenvalue weighted by molar-refractivity contribution is -0.132. The number of carbonyl (C=O) groups is 1. The van der Waals surface area contributed by atoms with Crippen LogP contribution in [0.15, 0.2) is 53.3 Å². The molecule has 1 aliphatic rings. The van der Waals surface area contributed by atoms with Crippen LogP contribution in [0.1, 0.15) is 43.4 Å². The van der Waals surface area contributed by atoms with Crippen LogP contribution < -0.4 is 0 Å². The Hall–Kier alpha value is -2.49. The van der Waals surface area contributed by atoms with Crippen LogP contribution in [0.25, 0.3) is 10.9 Å². The summed E-state index contributed by atoms with van der Waals surface area (Å²) in [5, 5.41) is 1.14. The van der Waals surface area contributed by atoms with Crippen molar-refractivity contribution < 1.29 is 9.21 Å². The average Bonchev–Trinajstić information content (AvgIpc) is 3.32. The van der Waals surface area contributed by atoms with E-state index in [0.717, 1.165) is 28.8 Å². The molecule has 0 unspecified atom stereocenters. The number of furan rings is 1. The van der Waals surface area contributed by atoms with Gasteiger partial charge >= 0.3 is 0 Å². The van der Waals surface area contributed by atoms with E-state index in [0.29, 0.717) is 18.9 Å². The van der Waals surface area contributed by atoms with E-state index in [9.17, 15) is 4.79 Å². The Labute approximate surface area is 154 Å². The SMILES string of the molecule is O=C(Cc1c[nH]c2ccccc12)N(Cc1ccco1)CC1CCCCC1. The number of rotatable bonds is 6. The molecule has 2 heterocycles. The summed E-state index contributed by atoms with van der Waals surface area (Å²) < 4.78 is 5.51. The van der Waals surface area contributed by atoms with Gasteiger partial charge in [-0.05, 0) is 42.5 Å². The van der Waals surface area contributed by atoms with Crippen LogP contribution in [0, 0.1) is 5.92 Å². The lowest BCUT2D eigenvalue weighted by Crippen LogP contribution is -2.36. The van der Waals surface area contributed by atoms with Gasteiger partial charge < -0.3 is 14.3 Å². The molecule has 4 rings (SSSR count). The van der Waals surface area contributed by atoms with E-state index in [1.54, 1.807) is 6.26 Å². The highest BCUT2D eigenvalue weighted by molar-refractivity contribution is 5.88. The molecule has 4 nitrogen and oxygen atoms in total. The van der Waals surface area contributed by atoms with Gasteiger partial charge in [-0.1, -0.05) is 37.5 Å². The number of H-pyrrole nitrogens is 1. The smallest absolute Gasteiger partial charge is 0.227 e. The van der Waals surface area contributed by atoms with E-state index in [2.05, 4.69) is 11.1 Å². The summed E-state index contributed by atoms with van der Waals surface area (Å²) >= 11 is 0. The summed E-state index contributed by atoms with van der Waals surface area (Å²) in [6.07, 6.45) is 10.4. The van der Waals surface area contributed by atoms with E-state index in [4.69, 9.17) is 4.42 Å². The summed E-state index contributed by atoms with van der Waals surface area (Å²) in [4.78, 5) is 18.4. The van der Waals surface area contributed by atoms with Crippen LogP contribution in [0.4, 0.5) is 0 Å². The Balaban J connectivity index is 1.50. The first kappa shape index (κ1) is 17.0. The normalized spacial score (nSPS) is 15.4. The van der Waals surface area contributed by atoms with Gasteiger partial charge in [-0.25, -0.2) is 0 Å². The fraction of sp³-hybridized carbons (Fsp3) is 0.409. The Kier molecular flexibility index (Phi) is 5.09. The van der Waals surface area contributed by atoms with Crippen LogP contribution in [0.5, 0.6) is 0 Å². The molecule has 1 amide bonds. The fourth-order valence-electron chi connectivity index (χ4n) is 4.08. The minimum Gasteiger partial charge on any atom is -0.467 e. The van der Waals surface area contributed by atoms with Crippen molar-refractivity contribution in [2.24, 2.45) is 5.92 Å². The van der Waals surface area contributed by atoms with Crippen molar-refractivity contribution in [3.8, 4) is 0 Å². The van der Waals surface area contributed by atoms with Crippen molar-refractivity contribution in [3.05, 3.63) is 60.2 Å². The largest absolute Gasteiger partial charge is 0.467 e. The van der Waals surface area contributed by atoms with Crippen molar-refractivity contribution in [1.82, 2.24) is 9.88 Å². The zero-order chi connectivity index (χ0) is 17.8.